The van der Waals surface area contributed by atoms with Crippen molar-refractivity contribution in [2.24, 2.45) is 4.99 Å². The molecule has 1 fully saturated rings. The van der Waals surface area contributed by atoms with E-state index in [0.717, 1.165) is 36.9 Å². The molecule has 0 saturated carbocycles. The molecule has 0 unspecified atom stereocenters. The number of pyridine rings is 1. The maximum atomic E-state index is 5.71. The number of hydrogen-bond donors (Lipinski definition) is 1. The number of thioether (sulfide) groups is 1. The molecular formula is C18H30N4O2S. The molecule has 1 aromatic rings. The van der Waals surface area contributed by atoms with Crippen LogP contribution in [0.2, 0.25) is 0 Å². The molecule has 0 aromatic carbocycles. The Labute approximate surface area is 155 Å². The molecule has 0 atom stereocenters. The van der Waals surface area contributed by atoms with Crippen LogP contribution in [0.5, 0.6) is 5.88 Å². The first-order valence-corrected chi connectivity index (χ1v) is 9.77. The summed E-state index contributed by atoms with van der Waals surface area (Å²) in [6, 6.07) is 3.93. The number of nitrogens with zero attached hydrogens (tertiary/aromatic N) is 3. The van der Waals surface area contributed by atoms with Gasteiger partial charge < -0.3 is 19.7 Å². The summed E-state index contributed by atoms with van der Waals surface area (Å²) in [5.41, 5.74) is 0.986. The van der Waals surface area contributed by atoms with Crippen molar-refractivity contribution in [1.29, 1.82) is 0 Å². The second-order valence-corrected chi connectivity index (χ2v) is 8.31. The quantitative estimate of drug-likeness (QED) is 0.454. The fourth-order valence-corrected chi connectivity index (χ4v) is 3.79. The van der Waals surface area contributed by atoms with Crippen LogP contribution in [0.15, 0.2) is 23.3 Å². The highest BCUT2D eigenvalue weighted by atomic mass is 32.2. The Hall–Kier alpha value is -1.47. The van der Waals surface area contributed by atoms with Crippen LogP contribution in [-0.4, -0.2) is 66.3 Å². The fourth-order valence-electron chi connectivity index (χ4n) is 2.68. The Balaban J connectivity index is 2.08. The molecule has 0 aliphatic carbocycles. The lowest BCUT2D eigenvalue weighted by Gasteiger charge is -2.39. The summed E-state index contributed by atoms with van der Waals surface area (Å²) in [6.45, 7) is 11.1. The van der Waals surface area contributed by atoms with Crippen LogP contribution in [0.4, 0.5) is 0 Å². The van der Waals surface area contributed by atoms with Gasteiger partial charge in [0.2, 0.25) is 5.88 Å². The van der Waals surface area contributed by atoms with Crippen molar-refractivity contribution in [1.82, 2.24) is 15.2 Å². The van der Waals surface area contributed by atoms with Crippen LogP contribution < -0.4 is 10.1 Å². The number of rotatable bonds is 7. The summed E-state index contributed by atoms with van der Waals surface area (Å²) in [7, 11) is 1.66. The highest BCUT2D eigenvalue weighted by Gasteiger charge is 2.28. The summed E-state index contributed by atoms with van der Waals surface area (Å²) in [4.78, 5) is 11.5. The predicted molar refractivity (Wildman–Crippen MR) is 105 cm³/mol. The molecule has 1 aliphatic heterocycles. The zero-order chi connectivity index (χ0) is 18.1. The average molecular weight is 367 g/mol. The van der Waals surface area contributed by atoms with Crippen LogP contribution in [0.1, 0.15) is 26.3 Å². The largest absolute Gasteiger partial charge is 0.475 e. The molecule has 1 aromatic heterocycles. The van der Waals surface area contributed by atoms with Gasteiger partial charge in [0.05, 0.1) is 13.2 Å². The molecule has 1 N–H and O–H groups in total. The number of methoxy groups -OCH3 is 1. The van der Waals surface area contributed by atoms with Gasteiger partial charge in [0, 0.05) is 49.0 Å². The third-order valence-corrected chi connectivity index (χ3v) is 5.13. The molecule has 6 nitrogen and oxygen atoms in total. The smallest absolute Gasteiger partial charge is 0.218 e. The summed E-state index contributed by atoms with van der Waals surface area (Å²) < 4.78 is 11.0. The monoisotopic (exact) mass is 366 g/mol. The third kappa shape index (κ3) is 6.40. The lowest BCUT2D eigenvalue weighted by atomic mass is 10.2. The average Bonchev–Trinajstić information content (AvgIpc) is 2.59. The molecule has 7 heteroatoms. The predicted octanol–water partition coefficient (Wildman–Crippen LogP) is 2.40. The first-order chi connectivity index (χ1) is 12.1. The van der Waals surface area contributed by atoms with Crippen LogP contribution in [0, 0.1) is 0 Å². The lowest BCUT2D eigenvalue weighted by Crippen LogP contribution is -2.50. The van der Waals surface area contributed by atoms with E-state index in [2.05, 4.69) is 36.0 Å². The number of aromatic nitrogens is 1. The number of hydrogen-bond acceptors (Lipinski definition) is 5. The molecule has 0 radical (unpaired) electrons. The highest BCUT2D eigenvalue weighted by Crippen LogP contribution is 2.29. The minimum atomic E-state index is 0.247. The van der Waals surface area contributed by atoms with Crippen molar-refractivity contribution in [3.05, 3.63) is 23.9 Å². The summed E-state index contributed by atoms with van der Waals surface area (Å²) in [5, 5.41) is 3.42. The van der Waals surface area contributed by atoms with Crippen LogP contribution in [0.3, 0.4) is 0 Å². The second-order valence-electron chi connectivity index (χ2n) is 6.51. The minimum absolute atomic E-state index is 0.247. The van der Waals surface area contributed by atoms with Crippen LogP contribution >= 0.6 is 11.8 Å². The molecule has 0 bridgehead atoms. The SMILES string of the molecule is CCNC(=NCc1cccnc1OCCOC)N1CCSC(C)(C)C1. The molecule has 2 heterocycles. The molecular weight excluding hydrogens is 336 g/mol. The van der Waals surface area contributed by atoms with E-state index in [1.165, 1.54) is 0 Å². The van der Waals surface area contributed by atoms with Gasteiger partial charge in [0.1, 0.15) is 6.61 Å². The molecule has 0 amide bonds. The van der Waals surface area contributed by atoms with E-state index >= 15 is 0 Å². The summed E-state index contributed by atoms with van der Waals surface area (Å²) in [5.74, 6) is 2.71. The van der Waals surface area contributed by atoms with Gasteiger partial charge in [-0.2, -0.15) is 11.8 Å². The topological polar surface area (TPSA) is 59.0 Å². The van der Waals surface area contributed by atoms with Gasteiger partial charge in [0.25, 0.3) is 0 Å². The van der Waals surface area contributed by atoms with Crippen molar-refractivity contribution in [2.45, 2.75) is 32.1 Å². The molecule has 140 valence electrons. The molecule has 1 aliphatic rings. The number of ether oxygens (including phenoxy) is 2. The Morgan fingerprint density at radius 3 is 3.00 bits per heavy atom. The van der Waals surface area contributed by atoms with Crippen molar-refractivity contribution < 1.29 is 9.47 Å². The van der Waals surface area contributed by atoms with E-state index in [1.54, 1.807) is 13.3 Å². The first kappa shape index (κ1) is 19.8. The highest BCUT2D eigenvalue weighted by molar-refractivity contribution is 8.00. The Morgan fingerprint density at radius 1 is 1.44 bits per heavy atom. The maximum absolute atomic E-state index is 5.71. The van der Waals surface area contributed by atoms with Gasteiger partial charge >= 0.3 is 0 Å². The summed E-state index contributed by atoms with van der Waals surface area (Å²) >= 11 is 2.02. The van der Waals surface area contributed by atoms with E-state index in [-0.39, 0.29) is 4.75 Å². The summed E-state index contributed by atoms with van der Waals surface area (Å²) in [6.07, 6.45) is 1.74. The van der Waals surface area contributed by atoms with E-state index in [0.29, 0.717) is 25.6 Å². The normalized spacial score (nSPS) is 17.4. The van der Waals surface area contributed by atoms with E-state index in [9.17, 15) is 0 Å². The maximum Gasteiger partial charge on any atom is 0.218 e. The van der Waals surface area contributed by atoms with Gasteiger partial charge in [-0.1, -0.05) is 6.07 Å². The van der Waals surface area contributed by atoms with Gasteiger partial charge in [-0.05, 0) is 26.8 Å². The Kier molecular flexibility index (Phi) is 7.84. The van der Waals surface area contributed by atoms with Crippen LogP contribution in [-0.2, 0) is 11.3 Å². The lowest BCUT2D eigenvalue weighted by molar-refractivity contribution is 0.143. The van der Waals surface area contributed by atoms with Crippen molar-refractivity contribution >= 4 is 17.7 Å². The fraction of sp³-hybridized carbons (Fsp3) is 0.667. The first-order valence-electron chi connectivity index (χ1n) is 8.78. The molecule has 0 spiro atoms. The van der Waals surface area contributed by atoms with Gasteiger partial charge in [-0.15, -0.1) is 0 Å². The number of nitrogens with one attached hydrogen (secondary N) is 1. The van der Waals surface area contributed by atoms with Gasteiger partial charge in [0.15, 0.2) is 5.96 Å². The number of aliphatic imine (C=N–C) groups is 1. The minimum Gasteiger partial charge on any atom is -0.475 e. The zero-order valence-electron chi connectivity index (χ0n) is 15.7. The van der Waals surface area contributed by atoms with E-state index < -0.39 is 0 Å². The van der Waals surface area contributed by atoms with Gasteiger partial charge in [-0.25, -0.2) is 9.98 Å². The molecule has 1 saturated heterocycles. The van der Waals surface area contributed by atoms with E-state index in [1.807, 2.05) is 23.9 Å². The Bertz CT molecular complexity index is 566. The Morgan fingerprint density at radius 2 is 2.28 bits per heavy atom. The standard InChI is InChI=1S/C18H30N4O2S/c1-5-19-17(22-9-12-25-18(2,3)14-22)21-13-15-7-6-8-20-16(15)24-11-10-23-4/h6-8H,5,9-14H2,1-4H3,(H,19,21). The van der Waals surface area contributed by atoms with Crippen LogP contribution in [0.25, 0.3) is 0 Å². The van der Waals surface area contributed by atoms with Crippen molar-refractivity contribution in [3.63, 3.8) is 0 Å². The zero-order valence-corrected chi connectivity index (χ0v) is 16.6. The molecule has 2 rings (SSSR count). The second kappa shape index (κ2) is 9.87. The third-order valence-electron chi connectivity index (χ3n) is 3.84. The van der Waals surface area contributed by atoms with Crippen molar-refractivity contribution in [3.8, 4) is 5.88 Å². The van der Waals surface area contributed by atoms with E-state index in [4.69, 9.17) is 14.5 Å². The van der Waals surface area contributed by atoms with Gasteiger partial charge in [-0.3, -0.25) is 0 Å². The molecule has 25 heavy (non-hydrogen) atoms. The number of guanidine groups is 1. The van der Waals surface area contributed by atoms with Crippen molar-refractivity contribution in [2.75, 3.05) is 45.7 Å².